The maximum atomic E-state index is 11.6. The molecule has 0 aliphatic carbocycles. The fourth-order valence-electron chi connectivity index (χ4n) is 2.59. The molecule has 1 aliphatic rings. The van der Waals surface area contributed by atoms with Crippen LogP contribution in [-0.2, 0) is 16.5 Å². The highest BCUT2D eigenvalue weighted by atomic mass is 32.2. The van der Waals surface area contributed by atoms with Crippen molar-refractivity contribution in [2.45, 2.75) is 18.0 Å². The zero-order chi connectivity index (χ0) is 15.2. The summed E-state index contributed by atoms with van der Waals surface area (Å²) in [5, 5.41) is 9.13. The van der Waals surface area contributed by atoms with Crippen molar-refractivity contribution in [3.8, 4) is 0 Å². The third kappa shape index (κ3) is 2.57. The molecule has 3 heterocycles. The predicted octanol–water partition coefficient (Wildman–Crippen LogP) is -1.54. The van der Waals surface area contributed by atoms with Crippen LogP contribution in [-0.4, -0.2) is 68.6 Å². The molecular weight excluding hydrogens is 296 g/mol. The summed E-state index contributed by atoms with van der Waals surface area (Å²) in [5.41, 5.74) is 6.81. The largest absolute Gasteiger partial charge is 0.390 e. The number of β-amino-alcohol motifs (C(OH)–C–C–N with tert-alkyl or cyclic N) is 1. The molecule has 0 radical (unpaired) electrons. The summed E-state index contributed by atoms with van der Waals surface area (Å²) in [5.74, 6) is 0.300. The second kappa shape index (κ2) is 4.90. The lowest BCUT2D eigenvalue weighted by atomic mass is 10.3. The van der Waals surface area contributed by atoms with Gasteiger partial charge in [0.2, 0.25) is 0 Å². The topological polar surface area (TPSA) is 127 Å². The summed E-state index contributed by atoms with van der Waals surface area (Å²) in [7, 11) is -3.27. The van der Waals surface area contributed by atoms with Gasteiger partial charge in [-0.25, -0.2) is 23.4 Å². The molecule has 3 rings (SSSR count). The number of likely N-dealkylation sites (tertiary alicyclic amines) is 1. The smallest absolute Gasteiger partial charge is 0.166 e. The number of sulfone groups is 1. The average molecular weight is 312 g/mol. The number of anilines is 1. The maximum absolute atomic E-state index is 11.6. The van der Waals surface area contributed by atoms with E-state index in [1.54, 1.807) is 10.9 Å². The van der Waals surface area contributed by atoms with Crippen LogP contribution in [0.2, 0.25) is 0 Å². The molecule has 1 aliphatic heterocycles. The summed E-state index contributed by atoms with van der Waals surface area (Å²) < 4.78 is 25.0. The number of fused-ring (bicyclic) bond motifs is 1. The van der Waals surface area contributed by atoms with Crippen molar-refractivity contribution in [1.29, 1.82) is 0 Å². The third-order valence-corrected chi connectivity index (χ3v) is 5.21. The van der Waals surface area contributed by atoms with Gasteiger partial charge in [0.25, 0.3) is 0 Å². The number of aliphatic hydroxyl groups is 1. The van der Waals surface area contributed by atoms with Gasteiger partial charge in [-0.1, -0.05) is 0 Å². The molecule has 3 N–H and O–H groups in total. The van der Waals surface area contributed by atoms with E-state index in [9.17, 15) is 13.5 Å². The number of nitrogens with zero attached hydrogens (tertiary/aromatic N) is 5. The molecule has 1 saturated heterocycles. The SMILES string of the molecule is CS(=O)(=O)[C@@H]1CN(Cn2cnc3c(N)ncnc32)C[C@H]1O. The molecule has 2 aromatic rings. The molecule has 2 aromatic heterocycles. The van der Waals surface area contributed by atoms with E-state index in [1.807, 2.05) is 4.90 Å². The first-order valence-electron chi connectivity index (χ1n) is 6.37. The Morgan fingerprint density at radius 1 is 1.38 bits per heavy atom. The standard InChI is InChI=1S/C11H16N6O3S/c1-21(19,20)8-3-16(2-7(8)18)6-17-5-15-9-10(12)13-4-14-11(9)17/h4-5,7-8,18H,2-3,6H2,1H3,(H2,12,13,14)/t7-,8-/m1/s1. The number of imidazole rings is 1. The minimum Gasteiger partial charge on any atom is -0.390 e. The summed E-state index contributed by atoms with van der Waals surface area (Å²) in [6.07, 6.45) is 3.20. The van der Waals surface area contributed by atoms with Gasteiger partial charge in [0.1, 0.15) is 17.1 Å². The van der Waals surface area contributed by atoms with Crippen molar-refractivity contribution in [2.24, 2.45) is 0 Å². The quantitative estimate of drug-likeness (QED) is 0.697. The monoisotopic (exact) mass is 312 g/mol. The summed E-state index contributed by atoms with van der Waals surface area (Å²) in [6.45, 7) is 0.953. The second-order valence-corrected chi connectivity index (χ2v) is 7.52. The molecule has 0 bridgehead atoms. The molecule has 114 valence electrons. The Kier molecular flexibility index (Phi) is 3.30. The number of hydrogen-bond acceptors (Lipinski definition) is 8. The number of aliphatic hydroxyl groups excluding tert-OH is 1. The van der Waals surface area contributed by atoms with Crippen LogP contribution in [0.1, 0.15) is 0 Å². The van der Waals surface area contributed by atoms with E-state index >= 15 is 0 Å². The summed E-state index contributed by atoms with van der Waals surface area (Å²) in [6, 6.07) is 0. The molecular formula is C11H16N6O3S. The van der Waals surface area contributed by atoms with Crippen molar-refractivity contribution in [1.82, 2.24) is 24.4 Å². The number of aromatic nitrogens is 4. The lowest BCUT2D eigenvalue weighted by molar-refractivity contribution is 0.167. The van der Waals surface area contributed by atoms with Crippen LogP contribution < -0.4 is 5.73 Å². The van der Waals surface area contributed by atoms with Gasteiger partial charge < -0.3 is 15.4 Å². The van der Waals surface area contributed by atoms with E-state index in [4.69, 9.17) is 5.73 Å². The van der Waals surface area contributed by atoms with E-state index in [0.29, 0.717) is 23.7 Å². The Labute approximate surface area is 121 Å². The van der Waals surface area contributed by atoms with Crippen LogP contribution in [0.5, 0.6) is 0 Å². The second-order valence-electron chi connectivity index (χ2n) is 5.26. The molecule has 21 heavy (non-hydrogen) atoms. The Morgan fingerprint density at radius 3 is 2.81 bits per heavy atom. The Bertz CT molecular complexity index is 773. The van der Waals surface area contributed by atoms with Crippen molar-refractivity contribution in [3.05, 3.63) is 12.7 Å². The average Bonchev–Trinajstić information content (AvgIpc) is 2.95. The number of nitrogen functional groups attached to an aromatic ring is 1. The van der Waals surface area contributed by atoms with Gasteiger partial charge in [-0.05, 0) is 0 Å². The molecule has 0 amide bonds. The fraction of sp³-hybridized carbons (Fsp3) is 0.545. The molecule has 2 atom stereocenters. The Balaban J connectivity index is 1.83. The highest BCUT2D eigenvalue weighted by Gasteiger charge is 2.38. The van der Waals surface area contributed by atoms with Gasteiger partial charge in [-0.2, -0.15) is 0 Å². The van der Waals surface area contributed by atoms with Gasteiger partial charge in [0.05, 0.1) is 19.1 Å². The molecule has 0 aromatic carbocycles. The third-order valence-electron chi connectivity index (χ3n) is 3.64. The molecule has 0 spiro atoms. The van der Waals surface area contributed by atoms with Crippen LogP contribution in [0.25, 0.3) is 11.2 Å². The van der Waals surface area contributed by atoms with Crippen molar-refractivity contribution in [3.63, 3.8) is 0 Å². The normalized spacial score (nSPS) is 23.9. The van der Waals surface area contributed by atoms with E-state index in [2.05, 4.69) is 15.0 Å². The van der Waals surface area contributed by atoms with Crippen molar-refractivity contribution >= 4 is 26.8 Å². The minimum absolute atomic E-state index is 0.278. The summed E-state index contributed by atoms with van der Waals surface area (Å²) in [4.78, 5) is 14.0. The molecule has 1 fully saturated rings. The van der Waals surface area contributed by atoms with Gasteiger partial charge in [-0.3, -0.25) is 4.90 Å². The predicted molar refractivity (Wildman–Crippen MR) is 75.9 cm³/mol. The maximum Gasteiger partial charge on any atom is 0.166 e. The van der Waals surface area contributed by atoms with Crippen LogP contribution in [0.3, 0.4) is 0 Å². The highest BCUT2D eigenvalue weighted by Crippen LogP contribution is 2.20. The minimum atomic E-state index is -3.27. The van der Waals surface area contributed by atoms with Crippen LogP contribution >= 0.6 is 0 Å². The highest BCUT2D eigenvalue weighted by molar-refractivity contribution is 7.91. The number of hydrogen-bond donors (Lipinski definition) is 2. The molecule has 0 unspecified atom stereocenters. The van der Waals surface area contributed by atoms with E-state index in [-0.39, 0.29) is 13.1 Å². The van der Waals surface area contributed by atoms with E-state index < -0.39 is 21.2 Å². The van der Waals surface area contributed by atoms with Crippen LogP contribution in [0.15, 0.2) is 12.7 Å². The zero-order valence-electron chi connectivity index (χ0n) is 11.4. The van der Waals surface area contributed by atoms with Crippen molar-refractivity contribution in [2.75, 3.05) is 25.1 Å². The van der Waals surface area contributed by atoms with Gasteiger partial charge >= 0.3 is 0 Å². The number of nitrogens with two attached hydrogens (primary N) is 1. The lowest BCUT2D eigenvalue weighted by Gasteiger charge is -2.15. The van der Waals surface area contributed by atoms with Crippen LogP contribution in [0.4, 0.5) is 5.82 Å². The van der Waals surface area contributed by atoms with E-state index in [0.717, 1.165) is 6.26 Å². The Morgan fingerprint density at radius 2 is 2.14 bits per heavy atom. The molecule has 10 heteroatoms. The Hall–Kier alpha value is -1.78. The van der Waals surface area contributed by atoms with Gasteiger partial charge in [-0.15, -0.1) is 0 Å². The fourth-order valence-corrected chi connectivity index (χ4v) is 3.73. The molecule has 0 saturated carbocycles. The van der Waals surface area contributed by atoms with Gasteiger partial charge in [0.15, 0.2) is 21.3 Å². The van der Waals surface area contributed by atoms with Crippen molar-refractivity contribution < 1.29 is 13.5 Å². The molecule has 9 nitrogen and oxygen atoms in total. The zero-order valence-corrected chi connectivity index (χ0v) is 12.2. The summed E-state index contributed by atoms with van der Waals surface area (Å²) >= 11 is 0. The van der Waals surface area contributed by atoms with E-state index in [1.165, 1.54) is 6.33 Å². The first-order valence-corrected chi connectivity index (χ1v) is 8.32. The number of rotatable bonds is 3. The lowest BCUT2D eigenvalue weighted by Crippen LogP contribution is -2.32. The van der Waals surface area contributed by atoms with Gasteiger partial charge in [0, 0.05) is 19.3 Å². The first-order chi connectivity index (χ1) is 9.86. The first kappa shape index (κ1) is 14.2. The van der Waals surface area contributed by atoms with Crippen LogP contribution in [0, 0.1) is 0 Å².